The van der Waals surface area contributed by atoms with Crippen LogP contribution in [0.3, 0.4) is 0 Å². The SMILES string of the molecule is O=C(O)[C@@H]1[C@@H](C(=O)N2CCC3(CC2)OCCO3)[C@H]2C=C[C@H]1O2. The lowest BCUT2D eigenvalue weighted by Gasteiger charge is -2.39. The topological polar surface area (TPSA) is 85.3 Å². The van der Waals surface area contributed by atoms with E-state index in [2.05, 4.69) is 0 Å². The van der Waals surface area contributed by atoms with Crippen LogP contribution in [-0.2, 0) is 23.8 Å². The first kappa shape index (κ1) is 14.2. The first-order chi connectivity index (χ1) is 10.6. The lowest BCUT2D eigenvalue weighted by Crippen LogP contribution is -2.51. The zero-order chi connectivity index (χ0) is 15.3. The van der Waals surface area contributed by atoms with E-state index in [1.165, 1.54) is 0 Å². The maximum absolute atomic E-state index is 12.8. The first-order valence-corrected chi connectivity index (χ1v) is 7.73. The third kappa shape index (κ3) is 2.07. The molecule has 0 saturated carbocycles. The highest BCUT2D eigenvalue weighted by Crippen LogP contribution is 2.41. The molecule has 0 aromatic rings. The number of rotatable bonds is 2. The van der Waals surface area contributed by atoms with Crippen LogP contribution in [0.1, 0.15) is 12.8 Å². The first-order valence-electron chi connectivity index (χ1n) is 7.73. The van der Waals surface area contributed by atoms with Crippen LogP contribution in [-0.4, -0.2) is 66.2 Å². The molecule has 4 heterocycles. The van der Waals surface area contributed by atoms with Crippen LogP contribution in [0.4, 0.5) is 0 Å². The number of carboxylic acid groups (broad SMARTS) is 1. The molecule has 0 aromatic heterocycles. The Hall–Kier alpha value is -1.44. The fourth-order valence-electron chi connectivity index (χ4n) is 3.96. The molecule has 3 fully saturated rings. The van der Waals surface area contributed by atoms with Crippen molar-refractivity contribution in [3.05, 3.63) is 12.2 Å². The molecule has 120 valence electrons. The van der Waals surface area contributed by atoms with Crippen molar-refractivity contribution in [3.8, 4) is 0 Å². The standard InChI is InChI=1S/C15H19NO6/c17-13(11-9-1-2-10(22-9)12(11)14(18)19)16-5-3-15(4-6-16)20-7-8-21-15/h1-2,9-12H,3-8H2,(H,18,19)/t9-,10-,11+,12+/m1/s1. The van der Waals surface area contributed by atoms with Gasteiger partial charge in [-0.3, -0.25) is 9.59 Å². The van der Waals surface area contributed by atoms with Crippen molar-refractivity contribution < 1.29 is 28.9 Å². The monoisotopic (exact) mass is 309 g/mol. The fraction of sp³-hybridized carbons (Fsp3) is 0.733. The van der Waals surface area contributed by atoms with E-state index in [0.717, 1.165) is 0 Å². The highest BCUT2D eigenvalue weighted by Gasteiger charge is 2.54. The minimum Gasteiger partial charge on any atom is -0.481 e. The van der Waals surface area contributed by atoms with Crippen molar-refractivity contribution >= 4 is 11.9 Å². The lowest BCUT2D eigenvalue weighted by molar-refractivity contribution is -0.189. The Bertz CT molecular complexity index is 516. The summed E-state index contributed by atoms with van der Waals surface area (Å²) in [7, 11) is 0. The lowest BCUT2D eigenvalue weighted by atomic mass is 9.81. The second-order valence-corrected chi connectivity index (χ2v) is 6.27. The normalized spacial score (nSPS) is 38.8. The Labute approximate surface area is 127 Å². The van der Waals surface area contributed by atoms with Gasteiger partial charge in [0, 0.05) is 25.9 Å². The number of carboxylic acids is 1. The molecule has 0 aliphatic carbocycles. The summed E-state index contributed by atoms with van der Waals surface area (Å²) in [5, 5.41) is 9.40. The molecule has 4 rings (SSSR count). The maximum atomic E-state index is 12.8. The number of piperidine rings is 1. The maximum Gasteiger partial charge on any atom is 0.310 e. The number of nitrogens with zero attached hydrogens (tertiary/aromatic N) is 1. The molecule has 1 spiro atoms. The third-order valence-electron chi connectivity index (χ3n) is 5.12. The molecule has 7 heteroatoms. The predicted molar refractivity (Wildman–Crippen MR) is 72.9 cm³/mol. The number of likely N-dealkylation sites (tertiary alicyclic amines) is 1. The smallest absolute Gasteiger partial charge is 0.310 e. The van der Waals surface area contributed by atoms with Gasteiger partial charge in [0.05, 0.1) is 31.3 Å². The van der Waals surface area contributed by atoms with Gasteiger partial charge in [0.2, 0.25) is 5.91 Å². The van der Waals surface area contributed by atoms with Gasteiger partial charge < -0.3 is 24.2 Å². The van der Waals surface area contributed by atoms with Gasteiger partial charge in [-0.2, -0.15) is 0 Å². The van der Waals surface area contributed by atoms with Crippen LogP contribution >= 0.6 is 0 Å². The van der Waals surface area contributed by atoms with Crippen LogP contribution in [0.25, 0.3) is 0 Å². The molecular weight excluding hydrogens is 290 g/mol. The van der Waals surface area contributed by atoms with E-state index in [-0.39, 0.29) is 5.91 Å². The number of carbonyl (C=O) groups excluding carboxylic acids is 1. The number of amides is 1. The molecule has 7 nitrogen and oxygen atoms in total. The molecule has 4 aliphatic heterocycles. The van der Waals surface area contributed by atoms with Crippen LogP contribution in [0.5, 0.6) is 0 Å². The van der Waals surface area contributed by atoms with Gasteiger partial charge in [0.25, 0.3) is 0 Å². The number of hydrogen-bond donors (Lipinski definition) is 1. The Kier molecular flexibility index (Phi) is 3.25. The number of ether oxygens (including phenoxy) is 3. The summed E-state index contributed by atoms with van der Waals surface area (Å²) in [6, 6.07) is 0. The van der Waals surface area contributed by atoms with Crippen molar-refractivity contribution in [2.24, 2.45) is 11.8 Å². The molecule has 22 heavy (non-hydrogen) atoms. The van der Waals surface area contributed by atoms with E-state index in [0.29, 0.717) is 39.1 Å². The molecule has 4 atom stereocenters. The summed E-state index contributed by atoms with van der Waals surface area (Å²) in [5.74, 6) is -3.03. The molecule has 1 N–H and O–H groups in total. The van der Waals surface area contributed by atoms with Gasteiger partial charge in [0.1, 0.15) is 5.92 Å². The molecule has 4 aliphatic rings. The summed E-state index contributed by atoms with van der Waals surface area (Å²) in [6.45, 7) is 2.26. The number of carbonyl (C=O) groups is 2. The number of aliphatic carboxylic acids is 1. The summed E-state index contributed by atoms with van der Waals surface area (Å²) in [5.41, 5.74) is 0. The Morgan fingerprint density at radius 3 is 2.23 bits per heavy atom. The zero-order valence-corrected chi connectivity index (χ0v) is 12.1. The quantitative estimate of drug-likeness (QED) is 0.723. The average molecular weight is 309 g/mol. The third-order valence-corrected chi connectivity index (χ3v) is 5.12. The molecular formula is C15H19NO6. The minimum absolute atomic E-state index is 0.128. The summed E-state index contributed by atoms with van der Waals surface area (Å²) in [4.78, 5) is 26.0. The van der Waals surface area contributed by atoms with E-state index in [1.54, 1.807) is 17.1 Å². The van der Waals surface area contributed by atoms with Crippen molar-refractivity contribution in [3.63, 3.8) is 0 Å². The van der Waals surface area contributed by atoms with Crippen molar-refractivity contribution in [2.45, 2.75) is 30.8 Å². The van der Waals surface area contributed by atoms with Crippen molar-refractivity contribution in [1.29, 1.82) is 0 Å². The van der Waals surface area contributed by atoms with E-state index < -0.39 is 35.8 Å². The van der Waals surface area contributed by atoms with Gasteiger partial charge >= 0.3 is 5.97 Å². The van der Waals surface area contributed by atoms with E-state index in [1.807, 2.05) is 0 Å². The van der Waals surface area contributed by atoms with E-state index in [9.17, 15) is 14.7 Å². The number of hydrogen-bond acceptors (Lipinski definition) is 5. The molecule has 0 unspecified atom stereocenters. The minimum atomic E-state index is -0.967. The second-order valence-electron chi connectivity index (χ2n) is 6.27. The zero-order valence-electron chi connectivity index (χ0n) is 12.1. The molecule has 1 amide bonds. The summed E-state index contributed by atoms with van der Waals surface area (Å²) in [6.07, 6.45) is 3.93. The fourth-order valence-corrected chi connectivity index (χ4v) is 3.96. The van der Waals surface area contributed by atoms with E-state index in [4.69, 9.17) is 14.2 Å². The molecule has 2 bridgehead atoms. The van der Waals surface area contributed by atoms with E-state index >= 15 is 0 Å². The van der Waals surface area contributed by atoms with Gasteiger partial charge in [-0.05, 0) is 0 Å². The Morgan fingerprint density at radius 1 is 1.05 bits per heavy atom. The van der Waals surface area contributed by atoms with Crippen LogP contribution < -0.4 is 0 Å². The molecule has 3 saturated heterocycles. The highest BCUT2D eigenvalue weighted by molar-refractivity contribution is 5.87. The van der Waals surface area contributed by atoms with Gasteiger partial charge in [-0.1, -0.05) is 12.2 Å². The van der Waals surface area contributed by atoms with Crippen molar-refractivity contribution in [2.75, 3.05) is 26.3 Å². The van der Waals surface area contributed by atoms with Crippen LogP contribution in [0, 0.1) is 11.8 Å². The molecule has 0 aromatic carbocycles. The summed E-state index contributed by atoms with van der Waals surface area (Å²) >= 11 is 0. The van der Waals surface area contributed by atoms with Gasteiger partial charge in [-0.25, -0.2) is 0 Å². The number of fused-ring (bicyclic) bond motifs is 2. The highest BCUT2D eigenvalue weighted by atomic mass is 16.7. The van der Waals surface area contributed by atoms with Crippen molar-refractivity contribution in [1.82, 2.24) is 4.90 Å². The predicted octanol–water partition coefficient (Wildman–Crippen LogP) is 0.00610. The Morgan fingerprint density at radius 2 is 1.64 bits per heavy atom. The molecule has 0 radical (unpaired) electrons. The average Bonchev–Trinajstić information content (AvgIpc) is 3.22. The van der Waals surface area contributed by atoms with Crippen LogP contribution in [0.2, 0.25) is 0 Å². The summed E-state index contributed by atoms with van der Waals surface area (Å²) < 4.78 is 16.9. The van der Waals surface area contributed by atoms with Gasteiger partial charge in [0.15, 0.2) is 5.79 Å². The largest absolute Gasteiger partial charge is 0.481 e. The second kappa shape index (κ2) is 5.04. The Balaban J connectivity index is 1.46. The van der Waals surface area contributed by atoms with Crippen LogP contribution in [0.15, 0.2) is 12.2 Å². The van der Waals surface area contributed by atoms with Gasteiger partial charge in [-0.15, -0.1) is 0 Å².